The number of benzene rings is 1. The molecule has 0 radical (unpaired) electrons. The molecule has 0 aliphatic carbocycles. The number of morpholine rings is 1. The van der Waals surface area contributed by atoms with Gasteiger partial charge in [0, 0.05) is 58.9 Å². The molecule has 2 N–H and O–H groups in total. The van der Waals surface area contributed by atoms with Crippen molar-refractivity contribution in [1.82, 2.24) is 20.4 Å². The van der Waals surface area contributed by atoms with Gasteiger partial charge in [0.1, 0.15) is 0 Å². The number of rotatable bonds is 8. The second kappa shape index (κ2) is 13.3. The van der Waals surface area contributed by atoms with Crippen LogP contribution in [0.4, 0.5) is 0 Å². The first kappa shape index (κ1) is 23.4. The predicted octanol–water partition coefficient (Wildman–Crippen LogP) is 1.94. The minimum absolute atomic E-state index is 0. The van der Waals surface area contributed by atoms with Crippen molar-refractivity contribution in [2.24, 2.45) is 4.99 Å². The molecule has 1 saturated heterocycles. The van der Waals surface area contributed by atoms with Crippen LogP contribution in [0.2, 0.25) is 0 Å². The number of ether oxygens (including phenoxy) is 1. The lowest BCUT2D eigenvalue weighted by Crippen LogP contribution is -2.42. The molecular weight excluding hydrogens is 465 g/mol. The van der Waals surface area contributed by atoms with Gasteiger partial charge in [0.15, 0.2) is 5.96 Å². The Labute approximate surface area is 187 Å². The van der Waals surface area contributed by atoms with Gasteiger partial charge < -0.3 is 15.4 Å². The molecule has 6 nitrogen and oxygen atoms in total. The highest BCUT2D eigenvalue weighted by molar-refractivity contribution is 14.0. The van der Waals surface area contributed by atoms with E-state index in [0.29, 0.717) is 0 Å². The Bertz CT molecular complexity index is 592. The van der Waals surface area contributed by atoms with Crippen molar-refractivity contribution in [3.8, 4) is 0 Å². The number of aliphatic imine (C=N–C) groups is 1. The van der Waals surface area contributed by atoms with E-state index >= 15 is 0 Å². The van der Waals surface area contributed by atoms with Crippen molar-refractivity contribution in [2.75, 3.05) is 65.6 Å². The second-order valence-corrected chi connectivity index (χ2v) is 7.29. The molecule has 2 aliphatic heterocycles. The van der Waals surface area contributed by atoms with Crippen LogP contribution in [0.15, 0.2) is 29.3 Å². The highest BCUT2D eigenvalue weighted by Crippen LogP contribution is 2.17. The smallest absolute Gasteiger partial charge is 0.191 e. The van der Waals surface area contributed by atoms with Gasteiger partial charge in [-0.2, -0.15) is 0 Å². The molecule has 0 saturated carbocycles. The van der Waals surface area contributed by atoms with Gasteiger partial charge in [-0.05, 0) is 30.9 Å². The molecule has 28 heavy (non-hydrogen) atoms. The van der Waals surface area contributed by atoms with Gasteiger partial charge in [-0.15, -0.1) is 24.0 Å². The first-order valence-electron chi connectivity index (χ1n) is 10.5. The summed E-state index contributed by atoms with van der Waals surface area (Å²) in [6.07, 6.45) is 2.26. The molecule has 0 aromatic heterocycles. The molecule has 2 heterocycles. The van der Waals surface area contributed by atoms with Gasteiger partial charge in [0.05, 0.1) is 13.2 Å². The van der Waals surface area contributed by atoms with Crippen molar-refractivity contribution in [3.63, 3.8) is 0 Å². The standard InChI is InChI=1S/C21H35N5O.HI/c1-2-22-21(23-9-5-11-25-14-16-27-17-15-25)24-10-13-26-12-8-19-6-3-4-7-20(19)18-26;/h3-4,6-7H,2,5,8-18H2,1H3,(H2,22,23,24);1H. The zero-order valence-electron chi connectivity index (χ0n) is 17.2. The molecule has 0 spiro atoms. The van der Waals surface area contributed by atoms with Crippen molar-refractivity contribution in [1.29, 1.82) is 0 Å². The number of hydrogen-bond donors (Lipinski definition) is 2. The average Bonchev–Trinajstić information content (AvgIpc) is 2.72. The monoisotopic (exact) mass is 501 g/mol. The van der Waals surface area contributed by atoms with Crippen LogP contribution in [0, 0.1) is 0 Å². The molecular formula is C21H36IN5O. The fraction of sp³-hybridized carbons (Fsp3) is 0.667. The van der Waals surface area contributed by atoms with Crippen molar-refractivity contribution < 1.29 is 4.74 Å². The highest BCUT2D eigenvalue weighted by Gasteiger charge is 2.15. The van der Waals surface area contributed by atoms with Crippen LogP contribution in [-0.4, -0.2) is 81.3 Å². The third-order valence-electron chi connectivity index (χ3n) is 5.28. The molecule has 0 bridgehead atoms. The second-order valence-electron chi connectivity index (χ2n) is 7.29. The summed E-state index contributed by atoms with van der Waals surface area (Å²) in [5.74, 6) is 0.942. The molecule has 0 unspecified atom stereocenters. The third-order valence-corrected chi connectivity index (χ3v) is 5.28. The predicted molar refractivity (Wildman–Crippen MR) is 127 cm³/mol. The van der Waals surface area contributed by atoms with Crippen molar-refractivity contribution >= 4 is 29.9 Å². The van der Waals surface area contributed by atoms with Gasteiger partial charge in [-0.3, -0.25) is 14.8 Å². The van der Waals surface area contributed by atoms with E-state index in [0.717, 1.165) is 90.9 Å². The lowest BCUT2D eigenvalue weighted by Gasteiger charge is -2.29. The third kappa shape index (κ3) is 7.85. The molecule has 158 valence electrons. The topological polar surface area (TPSA) is 52.1 Å². The van der Waals surface area contributed by atoms with Gasteiger partial charge in [0.25, 0.3) is 0 Å². The summed E-state index contributed by atoms with van der Waals surface area (Å²) >= 11 is 0. The van der Waals surface area contributed by atoms with Crippen LogP contribution in [0.25, 0.3) is 0 Å². The number of hydrogen-bond acceptors (Lipinski definition) is 4. The van der Waals surface area contributed by atoms with Crippen LogP contribution in [0.1, 0.15) is 24.5 Å². The fourth-order valence-electron chi connectivity index (χ4n) is 3.73. The Kier molecular flexibility index (Phi) is 11.1. The highest BCUT2D eigenvalue weighted by atomic mass is 127. The normalized spacial score (nSPS) is 18.2. The molecule has 0 atom stereocenters. The minimum atomic E-state index is 0. The first-order valence-corrected chi connectivity index (χ1v) is 10.5. The summed E-state index contributed by atoms with van der Waals surface area (Å²) in [6.45, 7) is 13.0. The van der Waals surface area contributed by atoms with Crippen LogP contribution >= 0.6 is 24.0 Å². The molecule has 3 rings (SSSR count). The summed E-state index contributed by atoms with van der Waals surface area (Å²) in [5, 5.41) is 6.86. The number of nitrogens with zero attached hydrogens (tertiary/aromatic N) is 3. The molecule has 0 amide bonds. The summed E-state index contributed by atoms with van der Waals surface area (Å²) < 4.78 is 5.40. The zero-order chi connectivity index (χ0) is 18.7. The summed E-state index contributed by atoms with van der Waals surface area (Å²) in [5.41, 5.74) is 2.99. The number of halogens is 1. The minimum Gasteiger partial charge on any atom is -0.379 e. The first-order chi connectivity index (χ1) is 13.3. The Morgan fingerprint density at radius 1 is 1.04 bits per heavy atom. The maximum absolute atomic E-state index is 5.40. The quantitative estimate of drug-likeness (QED) is 0.247. The zero-order valence-corrected chi connectivity index (χ0v) is 19.5. The maximum atomic E-state index is 5.40. The fourth-order valence-corrected chi connectivity index (χ4v) is 3.73. The lowest BCUT2D eigenvalue weighted by molar-refractivity contribution is 0.0377. The van der Waals surface area contributed by atoms with Crippen molar-refractivity contribution in [2.45, 2.75) is 26.3 Å². The van der Waals surface area contributed by atoms with E-state index in [9.17, 15) is 0 Å². The van der Waals surface area contributed by atoms with E-state index in [4.69, 9.17) is 9.73 Å². The largest absolute Gasteiger partial charge is 0.379 e. The maximum Gasteiger partial charge on any atom is 0.191 e. The molecule has 7 heteroatoms. The number of nitrogens with one attached hydrogen (secondary N) is 2. The number of guanidine groups is 1. The van der Waals surface area contributed by atoms with Crippen LogP contribution in [0.5, 0.6) is 0 Å². The van der Waals surface area contributed by atoms with Crippen molar-refractivity contribution in [3.05, 3.63) is 35.4 Å². The SMILES string of the molecule is CCNC(=NCCCN1CCOCC1)NCCN1CCc2ccccc2C1.I. The molecule has 1 aromatic carbocycles. The van der Waals surface area contributed by atoms with Gasteiger partial charge in [-0.1, -0.05) is 24.3 Å². The van der Waals surface area contributed by atoms with Crippen LogP contribution < -0.4 is 10.6 Å². The molecule has 1 aromatic rings. The summed E-state index contributed by atoms with van der Waals surface area (Å²) in [7, 11) is 0. The van der Waals surface area contributed by atoms with E-state index in [2.05, 4.69) is 51.6 Å². The number of fused-ring (bicyclic) bond motifs is 1. The van der Waals surface area contributed by atoms with E-state index in [1.807, 2.05) is 0 Å². The summed E-state index contributed by atoms with van der Waals surface area (Å²) in [6, 6.07) is 8.81. The van der Waals surface area contributed by atoms with Crippen LogP contribution in [-0.2, 0) is 17.7 Å². The van der Waals surface area contributed by atoms with Gasteiger partial charge in [-0.25, -0.2) is 0 Å². The van der Waals surface area contributed by atoms with E-state index in [-0.39, 0.29) is 24.0 Å². The van der Waals surface area contributed by atoms with E-state index in [1.165, 1.54) is 11.1 Å². The summed E-state index contributed by atoms with van der Waals surface area (Å²) in [4.78, 5) is 9.73. The van der Waals surface area contributed by atoms with Gasteiger partial charge in [0.2, 0.25) is 0 Å². The molecule has 2 aliphatic rings. The Morgan fingerprint density at radius 3 is 2.61 bits per heavy atom. The Balaban J connectivity index is 0.00000280. The Hall–Kier alpha value is -0.900. The average molecular weight is 501 g/mol. The van der Waals surface area contributed by atoms with E-state index in [1.54, 1.807) is 0 Å². The van der Waals surface area contributed by atoms with E-state index < -0.39 is 0 Å². The molecule has 1 fully saturated rings. The Morgan fingerprint density at radius 2 is 1.82 bits per heavy atom. The van der Waals surface area contributed by atoms with Crippen LogP contribution in [0.3, 0.4) is 0 Å². The van der Waals surface area contributed by atoms with Gasteiger partial charge >= 0.3 is 0 Å². The lowest BCUT2D eigenvalue weighted by atomic mass is 10.00.